The van der Waals surface area contributed by atoms with Gasteiger partial charge in [0.2, 0.25) is 0 Å². The molecule has 8 heteroatoms. The molecule has 1 aliphatic rings. The smallest absolute Gasteiger partial charge is 0.349 e. The van der Waals surface area contributed by atoms with Gasteiger partial charge in [-0.25, -0.2) is 4.79 Å². The van der Waals surface area contributed by atoms with Crippen LogP contribution in [0.5, 0.6) is 0 Å². The Morgan fingerprint density at radius 2 is 1.89 bits per heavy atom. The van der Waals surface area contributed by atoms with Crippen molar-refractivity contribution in [2.24, 2.45) is 0 Å². The molecule has 0 radical (unpaired) electrons. The molecule has 3 heterocycles. The summed E-state index contributed by atoms with van der Waals surface area (Å²) in [6.45, 7) is 3.02. The molecule has 0 bridgehead atoms. The topological polar surface area (TPSA) is 88.8 Å². The number of esters is 1. The van der Waals surface area contributed by atoms with Gasteiger partial charge in [-0.3, -0.25) is 9.59 Å². The lowest BCUT2D eigenvalue weighted by Gasteiger charge is -2.23. The maximum atomic E-state index is 12.5. The highest BCUT2D eigenvalue weighted by atomic mass is 32.1. The number of carbonyl (C=O) groups is 3. The molecule has 0 aromatic carbocycles. The molecule has 1 saturated heterocycles. The minimum Gasteiger partial charge on any atom is -0.459 e. The molecule has 0 spiro atoms. The molecule has 3 rings (SSSR count). The zero-order valence-electron chi connectivity index (χ0n) is 15.1. The molecule has 0 aliphatic carbocycles. The number of anilines is 1. The largest absolute Gasteiger partial charge is 0.459 e. The van der Waals surface area contributed by atoms with Crippen LogP contribution in [0.2, 0.25) is 0 Å². The second-order valence-electron chi connectivity index (χ2n) is 6.38. The Morgan fingerprint density at radius 1 is 1.15 bits per heavy atom. The lowest BCUT2D eigenvalue weighted by Crippen LogP contribution is -2.40. The molecular weight excluding hydrogens is 368 g/mol. The minimum atomic E-state index is -0.834. The number of nitrogens with one attached hydrogen (secondary N) is 1. The van der Waals surface area contributed by atoms with E-state index in [2.05, 4.69) is 5.32 Å². The molecule has 2 amide bonds. The van der Waals surface area contributed by atoms with Gasteiger partial charge in [-0.2, -0.15) is 0 Å². The summed E-state index contributed by atoms with van der Waals surface area (Å²) in [5, 5.41) is 3.15. The van der Waals surface area contributed by atoms with E-state index < -0.39 is 18.0 Å². The number of hydrogen-bond acceptors (Lipinski definition) is 6. The number of rotatable bonds is 5. The van der Waals surface area contributed by atoms with Crippen LogP contribution in [0.1, 0.15) is 52.8 Å². The summed E-state index contributed by atoms with van der Waals surface area (Å²) in [6, 6.07) is 6.35. The van der Waals surface area contributed by atoms with Crippen molar-refractivity contribution >= 4 is 34.1 Å². The molecule has 2 aromatic heterocycles. The first kappa shape index (κ1) is 19.2. The summed E-state index contributed by atoms with van der Waals surface area (Å²) in [6.07, 6.45) is 4.79. The Labute approximate surface area is 161 Å². The summed E-state index contributed by atoms with van der Waals surface area (Å²) >= 11 is 1.09. The maximum Gasteiger partial charge on any atom is 0.349 e. The Balaban J connectivity index is 1.55. The van der Waals surface area contributed by atoms with Crippen LogP contribution in [0.15, 0.2) is 34.9 Å². The molecule has 1 aliphatic heterocycles. The third kappa shape index (κ3) is 4.97. The quantitative estimate of drug-likeness (QED) is 0.789. The Morgan fingerprint density at radius 3 is 2.56 bits per heavy atom. The van der Waals surface area contributed by atoms with Crippen LogP contribution in [-0.2, 0) is 9.53 Å². The number of nitrogens with zero attached hydrogens (tertiary/aromatic N) is 1. The van der Waals surface area contributed by atoms with Crippen LogP contribution in [-0.4, -0.2) is 41.9 Å². The SMILES string of the molecule is CC(OC(=O)c1ccc(NC(=O)c2ccco2)s1)C(=O)N1CCCCCC1. The predicted molar refractivity (Wildman–Crippen MR) is 101 cm³/mol. The number of thiophene rings is 1. The minimum absolute atomic E-state index is 0.159. The first-order valence-corrected chi connectivity index (χ1v) is 9.80. The van der Waals surface area contributed by atoms with E-state index >= 15 is 0 Å². The van der Waals surface area contributed by atoms with Gasteiger partial charge in [-0.1, -0.05) is 12.8 Å². The van der Waals surface area contributed by atoms with Crippen molar-refractivity contribution < 1.29 is 23.5 Å². The van der Waals surface area contributed by atoms with Crippen LogP contribution in [0.3, 0.4) is 0 Å². The van der Waals surface area contributed by atoms with E-state index in [-0.39, 0.29) is 11.7 Å². The second-order valence-corrected chi connectivity index (χ2v) is 7.47. The van der Waals surface area contributed by atoms with E-state index in [0.29, 0.717) is 23.0 Å². The van der Waals surface area contributed by atoms with E-state index in [9.17, 15) is 14.4 Å². The van der Waals surface area contributed by atoms with Crippen LogP contribution in [0.4, 0.5) is 5.00 Å². The average molecular weight is 390 g/mol. The average Bonchev–Trinajstić information content (AvgIpc) is 3.28. The Kier molecular flexibility index (Phi) is 6.28. The highest BCUT2D eigenvalue weighted by Gasteiger charge is 2.25. The Hall–Kier alpha value is -2.61. The van der Waals surface area contributed by atoms with Crippen LogP contribution >= 0.6 is 11.3 Å². The molecule has 1 fully saturated rings. The zero-order valence-corrected chi connectivity index (χ0v) is 15.9. The lowest BCUT2D eigenvalue weighted by atomic mass is 10.2. The van der Waals surface area contributed by atoms with Gasteiger partial charge in [0.25, 0.3) is 11.8 Å². The molecule has 27 heavy (non-hydrogen) atoms. The number of hydrogen-bond donors (Lipinski definition) is 1. The normalized spacial score (nSPS) is 15.7. The number of ether oxygens (including phenoxy) is 1. The van der Waals surface area contributed by atoms with Crippen molar-refractivity contribution in [3.05, 3.63) is 41.2 Å². The van der Waals surface area contributed by atoms with Gasteiger partial charge < -0.3 is 19.4 Å². The third-order valence-corrected chi connectivity index (χ3v) is 5.32. The molecule has 1 N–H and O–H groups in total. The highest BCUT2D eigenvalue weighted by Crippen LogP contribution is 2.24. The zero-order chi connectivity index (χ0) is 19.2. The molecule has 7 nitrogen and oxygen atoms in total. The van der Waals surface area contributed by atoms with E-state index in [1.807, 2.05) is 0 Å². The fourth-order valence-electron chi connectivity index (χ4n) is 2.91. The van der Waals surface area contributed by atoms with Gasteiger partial charge in [0.1, 0.15) is 4.88 Å². The van der Waals surface area contributed by atoms with E-state index in [1.54, 1.807) is 36.1 Å². The standard InChI is InChI=1S/C19H22N2O5S/c1-13(18(23)21-10-4-2-3-5-11-21)26-19(24)15-8-9-16(27-15)20-17(22)14-7-6-12-25-14/h6-9,12-13H,2-5,10-11H2,1H3,(H,20,22). The van der Waals surface area contributed by atoms with Gasteiger partial charge in [0.05, 0.1) is 11.3 Å². The van der Waals surface area contributed by atoms with Crippen molar-refractivity contribution in [3.8, 4) is 0 Å². The third-order valence-electron chi connectivity index (χ3n) is 4.34. The monoisotopic (exact) mass is 390 g/mol. The predicted octanol–water partition coefficient (Wildman–Crippen LogP) is 3.54. The summed E-state index contributed by atoms with van der Waals surface area (Å²) in [5.41, 5.74) is 0. The summed E-state index contributed by atoms with van der Waals surface area (Å²) in [5.74, 6) is -0.946. The molecule has 1 atom stereocenters. The van der Waals surface area contributed by atoms with E-state index in [4.69, 9.17) is 9.15 Å². The van der Waals surface area contributed by atoms with Crippen LogP contribution in [0, 0.1) is 0 Å². The number of furan rings is 1. The highest BCUT2D eigenvalue weighted by molar-refractivity contribution is 7.18. The Bertz CT molecular complexity index is 791. The molecule has 1 unspecified atom stereocenters. The van der Waals surface area contributed by atoms with Gasteiger partial charge >= 0.3 is 5.97 Å². The van der Waals surface area contributed by atoms with Crippen LogP contribution < -0.4 is 5.32 Å². The van der Waals surface area contributed by atoms with Gasteiger partial charge in [0.15, 0.2) is 11.9 Å². The van der Waals surface area contributed by atoms with Crippen molar-refractivity contribution in [3.63, 3.8) is 0 Å². The van der Waals surface area contributed by atoms with Crippen molar-refractivity contribution in [1.29, 1.82) is 0 Å². The van der Waals surface area contributed by atoms with Crippen LogP contribution in [0.25, 0.3) is 0 Å². The molecule has 0 saturated carbocycles. The first-order valence-electron chi connectivity index (χ1n) is 8.99. The van der Waals surface area contributed by atoms with Crippen molar-refractivity contribution in [2.45, 2.75) is 38.7 Å². The van der Waals surface area contributed by atoms with Gasteiger partial charge in [-0.15, -0.1) is 11.3 Å². The molecule has 2 aromatic rings. The first-order chi connectivity index (χ1) is 13.0. The number of carbonyl (C=O) groups excluding carboxylic acids is 3. The van der Waals surface area contributed by atoms with E-state index in [1.165, 1.54) is 6.26 Å². The fourth-order valence-corrected chi connectivity index (χ4v) is 3.70. The number of amides is 2. The van der Waals surface area contributed by atoms with Gasteiger partial charge in [0, 0.05) is 13.1 Å². The molecular formula is C19H22N2O5S. The van der Waals surface area contributed by atoms with Crippen molar-refractivity contribution in [2.75, 3.05) is 18.4 Å². The van der Waals surface area contributed by atoms with Crippen molar-refractivity contribution in [1.82, 2.24) is 4.90 Å². The summed E-state index contributed by atoms with van der Waals surface area (Å²) in [7, 11) is 0. The van der Waals surface area contributed by atoms with Gasteiger partial charge in [-0.05, 0) is 44.0 Å². The maximum absolute atomic E-state index is 12.5. The number of likely N-dealkylation sites (tertiary alicyclic amines) is 1. The van der Waals surface area contributed by atoms with E-state index in [0.717, 1.165) is 37.0 Å². The summed E-state index contributed by atoms with van der Waals surface area (Å²) < 4.78 is 10.4. The lowest BCUT2D eigenvalue weighted by molar-refractivity contribution is -0.139. The fraction of sp³-hybridized carbons (Fsp3) is 0.421. The molecule has 144 valence electrons. The second kappa shape index (κ2) is 8.85. The summed E-state index contributed by atoms with van der Waals surface area (Å²) in [4.78, 5) is 38.9.